The molecule has 11 heteroatoms. The van der Waals surface area contributed by atoms with Crippen LogP contribution < -0.4 is 20.7 Å². The number of hydrogen-bond acceptors (Lipinski definition) is 6. The van der Waals surface area contributed by atoms with E-state index in [1.807, 2.05) is 33.7 Å². The Morgan fingerprint density at radius 3 is 2.43 bits per heavy atom. The van der Waals surface area contributed by atoms with Gasteiger partial charge in [0.25, 0.3) is 17.4 Å². The second-order valence-corrected chi connectivity index (χ2v) is 12.4. The van der Waals surface area contributed by atoms with E-state index in [1.165, 1.54) is 12.1 Å². The third-order valence-corrected chi connectivity index (χ3v) is 9.29. The molecule has 226 valence electrons. The molecule has 0 aliphatic carbocycles. The molecule has 3 aliphatic heterocycles. The highest BCUT2D eigenvalue weighted by Crippen LogP contribution is 2.39. The van der Waals surface area contributed by atoms with Gasteiger partial charge in [0.15, 0.2) is 10.4 Å². The fraction of sp³-hybridized carbons (Fsp3) is 0.303. The fourth-order valence-corrected chi connectivity index (χ4v) is 7.07. The summed E-state index contributed by atoms with van der Waals surface area (Å²) in [5.41, 5.74) is 3.83. The Hall–Kier alpha value is -4.38. The first-order valence-electron chi connectivity index (χ1n) is 14.8. The van der Waals surface area contributed by atoms with Gasteiger partial charge in [-0.1, -0.05) is 6.07 Å². The number of fused-ring (bicyclic) bond motifs is 4. The zero-order valence-electron chi connectivity index (χ0n) is 23.9. The minimum absolute atomic E-state index is 0.0320. The molecular formula is C33H31BrFN5O4. The van der Waals surface area contributed by atoms with Gasteiger partial charge in [0.1, 0.15) is 5.82 Å². The molecule has 5 heterocycles. The maximum atomic E-state index is 13.7. The van der Waals surface area contributed by atoms with Gasteiger partial charge in [0.05, 0.1) is 11.4 Å². The van der Waals surface area contributed by atoms with E-state index in [0.29, 0.717) is 55.2 Å². The SMILES string of the molecule is O=C(Nc1cc(C(=O)N2CCN(c3ccc(F)cc3)CC2)ccc1N1C[C@H]2C[C@@H](C1)c1cccc(=O)n1C2)c1ccc(Br)o1. The summed E-state index contributed by atoms with van der Waals surface area (Å²) < 4.78 is 21.2. The first-order valence-corrected chi connectivity index (χ1v) is 15.6. The van der Waals surface area contributed by atoms with Crippen molar-refractivity contribution in [2.45, 2.75) is 18.9 Å². The smallest absolute Gasteiger partial charge is 0.291 e. The second-order valence-electron chi connectivity index (χ2n) is 11.6. The van der Waals surface area contributed by atoms with E-state index in [2.05, 4.69) is 31.0 Å². The summed E-state index contributed by atoms with van der Waals surface area (Å²) in [5.74, 6) is -0.190. The predicted octanol–water partition coefficient (Wildman–Crippen LogP) is 5.18. The molecule has 2 bridgehead atoms. The molecule has 1 N–H and O–H groups in total. The van der Waals surface area contributed by atoms with E-state index in [4.69, 9.17) is 4.42 Å². The lowest BCUT2D eigenvalue weighted by Crippen LogP contribution is -2.49. The third-order valence-electron chi connectivity index (χ3n) is 8.87. The topological polar surface area (TPSA) is 91.0 Å². The molecule has 4 aromatic rings. The Morgan fingerprint density at radius 1 is 0.886 bits per heavy atom. The van der Waals surface area contributed by atoms with Gasteiger partial charge in [0, 0.05) is 74.7 Å². The van der Waals surface area contributed by atoms with Crippen molar-refractivity contribution in [3.63, 3.8) is 0 Å². The predicted molar refractivity (Wildman–Crippen MR) is 169 cm³/mol. The molecule has 2 amide bonds. The van der Waals surface area contributed by atoms with Gasteiger partial charge < -0.3 is 29.0 Å². The van der Waals surface area contributed by atoms with E-state index < -0.39 is 5.91 Å². The first-order chi connectivity index (χ1) is 21.3. The number of rotatable bonds is 5. The minimum Gasteiger partial charge on any atom is -0.444 e. The quantitative estimate of drug-likeness (QED) is 0.318. The zero-order chi connectivity index (χ0) is 30.4. The summed E-state index contributed by atoms with van der Waals surface area (Å²) in [5, 5.41) is 3.00. The molecule has 44 heavy (non-hydrogen) atoms. The van der Waals surface area contributed by atoms with Gasteiger partial charge in [-0.3, -0.25) is 14.4 Å². The fourth-order valence-electron chi connectivity index (χ4n) is 6.76. The molecule has 0 radical (unpaired) electrons. The molecule has 3 aliphatic rings. The number of furan rings is 1. The molecule has 2 aromatic carbocycles. The Bertz CT molecular complexity index is 1780. The Labute approximate surface area is 262 Å². The van der Waals surface area contributed by atoms with Crippen LogP contribution in [0.2, 0.25) is 0 Å². The zero-order valence-corrected chi connectivity index (χ0v) is 25.5. The molecule has 0 spiro atoms. The molecule has 2 aromatic heterocycles. The number of hydrogen-bond donors (Lipinski definition) is 1. The Balaban J connectivity index is 1.14. The number of carbonyl (C=O) groups excluding carboxylic acids is 2. The van der Waals surface area contributed by atoms with Crippen molar-refractivity contribution >= 4 is 44.8 Å². The van der Waals surface area contributed by atoms with Crippen LogP contribution >= 0.6 is 15.9 Å². The lowest BCUT2D eigenvalue weighted by molar-refractivity contribution is 0.0746. The summed E-state index contributed by atoms with van der Waals surface area (Å²) in [6.07, 6.45) is 1.00. The molecule has 0 unspecified atom stereocenters. The number of anilines is 3. The monoisotopic (exact) mass is 659 g/mol. The number of aromatic nitrogens is 1. The average Bonchev–Trinajstić information content (AvgIpc) is 3.48. The number of pyridine rings is 1. The molecule has 0 saturated carbocycles. The van der Waals surface area contributed by atoms with Crippen LogP contribution in [-0.4, -0.2) is 60.5 Å². The van der Waals surface area contributed by atoms with Crippen molar-refractivity contribution in [2.75, 3.05) is 54.4 Å². The standard InChI is InChI=1S/C33H31BrFN5O4/c34-30-11-10-29(44-30)32(42)36-26-17-22(33(43)38-14-12-37(13-15-38)25-7-5-24(35)6-8-25)4-9-28(26)39-18-21-16-23(20-39)27-2-1-3-31(41)40(27)19-21/h1-11,17,21,23H,12-16,18-20H2,(H,36,42)/t21-,23+/m1/s1. The highest BCUT2D eigenvalue weighted by Gasteiger charge is 2.35. The van der Waals surface area contributed by atoms with Gasteiger partial charge in [-0.15, -0.1) is 0 Å². The molecule has 7 rings (SSSR count). The van der Waals surface area contributed by atoms with Crippen LogP contribution in [0.25, 0.3) is 0 Å². The number of piperazine rings is 1. The largest absolute Gasteiger partial charge is 0.444 e. The van der Waals surface area contributed by atoms with Gasteiger partial charge in [-0.25, -0.2) is 4.39 Å². The summed E-state index contributed by atoms with van der Waals surface area (Å²) in [7, 11) is 0. The molecule has 9 nitrogen and oxygen atoms in total. The van der Waals surface area contributed by atoms with Crippen molar-refractivity contribution in [2.24, 2.45) is 5.92 Å². The number of carbonyl (C=O) groups is 2. The lowest BCUT2D eigenvalue weighted by atomic mass is 9.83. The highest BCUT2D eigenvalue weighted by molar-refractivity contribution is 9.10. The molecule has 2 atom stereocenters. The van der Waals surface area contributed by atoms with E-state index in [1.54, 1.807) is 36.4 Å². The van der Waals surface area contributed by atoms with Crippen LogP contribution in [0.3, 0.4) is 0 Å². The van der Waals surface area contributed by atoms with Gasteiger partial charge in [-0.2, -0.15) is 0 Å². The molecule has 2 saturated heterocycles. The van der Waals surface area contributed by atoms with Crippen LogP contribution in [-0.2, 0) is 6.54 Å². The maximum absolute atomic E-state index is 13.7. The van der Waals surface area contributed by atoms with E-state index in [0.717, 1.165) is 30.0 Å². The second kappa shape index (κ2) is 11.6. The van der Waals surface area contributed by atoms with E-state index >= 15 is 0 Å². The van der Waals surface area contributed by atoms with E-state index in [9.17, 15) is 18.8 Å². The maximum Gasteiger partial charge on any atom is 0.291 e. The number of nitrogens with one attached hydrogen (secondary N) is 1. The van der Waals surface area contributed by atoms with Gasteiger partial charge in [0.2, 0.25) is 0 Å². The van der Waals surface area contributed by atoms with Crippen LogP contribution in [0.1, 0.15) is 38.9 Å². The number of halogens is 2. The van der Waals surface area contributed by atoms with Crippen molar-refractivity contribution in [1.82, 2.24) is 9.47 Å². The van der Waals surface area contributed by atoms with Crippen molar-refractivity contribution in [3.05, 3.63) is 111 Å². The lowest BCUT2D eigenvalue weighted by Gasteiger charge is -2.44. The molecule has 2 fully saturated rings. The van der Waals surface area contributed by atoms with Crippen molar-refractivity contribution in [1.29, 1.82) is 0 Å². The Kier molecular flexibility index (Phi) is 7.49. The van der Waals surface area contributed by atoms with Crippen LogP contribution in [0.4, 0.5) is 21.5 Å². The normalized spacial score (nSPS) is 19.5. The van der Waals surface area contributed by atoms with Gasteiger partial charge in [-0.05, 0) is 88.9 Å². The van der Waals surface area contributed by atoms with Crippen molar-refractivity contribution < 1.29 is 18.4 Å². The summed E-state index contributed by atoms with van der Waals surface area (Å²) in [6, 6.07) is 20.6. The van der Waals surface area contributed by atoms with Crippen LogP contribution in [0.15, 0.2) is 86.7 Å². The minimum atomic E-state index is -0.413. The average molecular weight is 661 g/mol. The van der Waals surface area contributed by atoms with E-state index in [-0.39, 0.29) is 34.9 Å². The third kappa shape index (κ3) is 5.52. The van der Waals surface area contributed by atoms with Crippen LogP contribution in [0, 0.1) is 11.7 Å². The number of benzene rings is 2. The number of nitrogens with zero attached hydrogens (tertiary/aromatic N) is 4. The summed E-state index contributed by atoms with van der Waals surface area (Å²) in [6.45, 7) is 4.38. The molecular weight excluding hydrogens is 629 g/mol. The Morgan fingerprint density at radius 2 is 1.68 bits per heavy atom. The van der Waals surface area contributed by atoms with Gasteiger partial charge >= 0.3 is 0 Å². The first kappa shape index (κ1) is 28.4. The summed E-state index contributed by atoms with van der Waals surface area (Å²) >= 11 is 3.26. The number of amides is 2. The van der Waals surface area contributed by atoms with Crippen molar-refractivity contribution in [3.8, 4) is 0 Å². The number of piperidine rings is 1. The van der Waals surface area contributed by atoms with Crippen LogP contribution in [0.5, 0.6) is 0 Å². The highest BCUT2D eigenvalue weighted by atomic mass is 79.9. The summed E-state index contributed by atoms with van der Waals surface area (Å²) in [4.78, 5) is 45.6.